The first-order valence-corrected chi connectivity index (χ1v) is 9.00. The molecule has 28 heavy (non-hydrogen) atoms. The molecule has 150 valence electrons. The number of amides is 2. The lowest BCUT2D eigenvalue weighted by Gasteiger charge is -2.30. The van der Waals surface area contributed by atoms with Crippen LogP contribution in [0.5, 0.6) is 11.5 Å². The van der Waals surface area contributed by atoms with Crippen molar-refractivity contribution in [2.45, 2.75) is 25.9 Å². The monoisotopic (exact) mass is 388 g/mol. The number of carbonyl (C=O) groups excluding carboxylic acids is 2. The van der Waals surface area contributed by atoms with E-state index in [1.165, 1.54) is 24.1 Å². The Bertz CT molecular complexity index is 778. The van der Waals surface area contributed by atoms with E-state index in [2.05, 4.69) is 5.32 Å². The highest BCUT2D eigenvalue weighted by Crippen LogP contribution is 2.18. The van der Waals surface area contributed by atoms with Gasteiger partial charge in [-0.3, -0.25) is 9.59 Å². The Balaban J connectivity index is 2.14. The van der Waals surface area contributed by atoms with E-state index < -0.39 is 6.04 Å². The number of halogens is 1. The molecule has 0 saturated carbocycles. The van der Waals surface area contributed by atoms with Crippen LogP contribution in [0.15, 0.2) is 48.5 Å². The van der Waals surface area contributed by atoms with Gasteiger partial charge in [0.2, 0.25) is 5.91 Å². The molecule has 0 aliphatic heterocycles. The van der Waals surface area contributed by atoms with Gasteiger partial charge in [-0.2, -0.15) is 0 Å². The number of nitrogens with zero attached hydrogens (tertiary/aromatic N) is 1. The standard InChI is InChI=1S/C21H25FN2O4/c1-4-19(21(26)23-2)24(13-15-5-7-16(22)8-6-15)20(25)14-28-18-11-9-17(27-3)10-12-18/h5-12,19H,4,13-14H2,1-3H3,(H,23,26). The van der Waals surface area contributed by atoms with E-state index in [1.54, 1.807) is 43.5 Å². The highest BCUT2D eigenvalue weighted by molar-refractivity contribution is 5.88. The SMILES string of the molecule is CCC(C(=O)NC)N(Cc1ccc(F)cc1)C(=O)COc1ccc(OC)cc1. The van der Waals surface area contributed by atoms with Gasteiger partial charge in [0.05, 0.1) is 7.11 Å². The Morgan fingerprint density at radius 3 is 2.21 bits per heavy atom. The minimum Gasteiger partial charge on any atom is -0.497 e. The van der Waals surface area contributed by atoms with Crippen molar-refractivity contribution in [1.29, 1.82) is 0 Å². The van der Waals surface area contributed by atoms with E-state index in [9.17, 15) is 14.0 Å². The van der Waals surface area contributed by atoms with E-state index in [0.29, 0.717) is 17.9 Å². The average molecular weight is 388 g/mol. The molecular weight excluding hydrogens is 363 g/mol. The van der Waals surface area contributed by atoms with Crippen LogP contribution < -0.4 is 14.8 Å². The second kappa shape index (κ2) is 10.3. The van der Waals surface area contributed by atoms with Crippen molar-refractivity contribution in [2.75, 3.05) is 20.8 Å². The number of likely N-dealkylation sites (N-methyl/N-ethyl adjacent to an activating group) is 1. The van der Waals surface area contributed by atoms with Gasteiger partial charge in [-0.15, -0.1) is 0 Å². The van der Waals surface area contributed by atoms with Crippen LogP contribution in [0, 0.1) is 5.82 Å². The molecule has 0 radical (unpaired) electrons. The number of nitrogens with one attached hydrogen (secondary N) is 1. The predicted octanol–water partition coefficient (Wildman–Crippen LogP) is 2.77. The summed E-state index contributed by atoms with van der Waals surface area (Å²) in [6.45, 7) is 1.78. The molecule has 2 aromatic rings. The zero-order chi connectivity index (χ0) is 20.5. The molecule has 2 aromatic carbocycles. The second-order valence-corrected chi connectivity index (χ2v) is 6.15. The summed E-state index contributed by atoms with van der Waals surface area (Å²) < 4.78 is 23.8. The highest BCUT2D eigenvalue weighted by atomic mass is 19.1. The highest BCUT2D eigenvalue weighted by Gasteiger charge is 2.28. The lowest BCUT2D eigenvalue weighted by atomic mass is 10.1. The van der Waals surface area contributed by atoms with Crippen LogP contribution in [-0.4, -0.2) is 43.5 Å². The molecule has 0 aliphatic carbocycles. The summed E-state index contributed by atoms with van der Waals surface area (Å²) in [5, 5.41) is 2.59. The molecule has 1 N–H and O–H groups in total. The smallest absolute Gasteiger partial charge is 0.261 e. The molecule has 0 aliphatic rings. The quantitative estimate of drug-likeness (QED) is 0.717. The fraction of sp³-hybridized carbons (Fsp3) is 0.333. The third-order valence-electron chi connectivity index (χ3n) is 4.32. The molecule has 0 heterocycles. The predicted molar refractivity (Wildman–Crippen MR) is 104 cm³/mol. The third-order valence-corrected chi connectivity index (χ3v) is 4.32. The van der Waals surface area contributed by atoms with Crippen LogP contribution in [0.4, 0.5) is 4.39 Å². The molecular formula is C21H25FN2O4. The Morgan fingerprint density at radius 1 is 1.07 bits per heavy atom. The van der Waals surface area contributed by atoms with E-state index in [0.717, 1.165) is 5.56 Å². The zero-order valence-electron chi connectivity index (χ0n) is 16.3. The van der Waals surface area contributed by atoms with Crippen molar-refractivity contribution in [3.8, 4) is 11.5 Å². The normalized spacial score (nSPS) is 11.4. The fourth-order valence-electron chi connectivity index (χ4n) is 2.77. The van der Waals surface area contributed by atoms with Gasteiger partial charge < -0.3 is 19.7 Å². The van der Waals surface area contributed by atoms with Gasteiger partial charge in [-0.1, -0.05) is 19.1 Å². The molecule has 0 spiro atoms. The summed E-state index contributed by atoms with van der Waals surface area (Å²) >= 11 is 0. The first-order chi connectivity index (χ1) is 13.5. The Kier molecular flexibility index (Phi) is 7.80. The van der Waals surface area contributed by atoms with Crippen molar-refractivity contribution in [1.82, 2.24) is 10.2 Å². The summed E-state index contributed by atoms with van der Waals surface area (Å²) in [5.74, 6) is 0.243. The van der Waals surface area contributed by atoms with Crippen molar-refractivity contribution in [3.63, 3.8) is 0 Å². The van der Waals surface area contributed by atoms with Crippen LogP contribution in [0.25, 0.3) is 0 Å². The van der Waals surface area contributed by atoms with Crippen LogP contribution in [0.1, 0.15) is 18.9 Å². The van der Waals surface area contributed by atoms with Crippen molar-refractivity contribution in [2.24, 2.45) is 0 Å². The molecule has 2 amide bonds. The van der Waals surface area contributed by atoms with Crippen molar-refractivity contribution >= 4 is 11.8 Å². The van der Waals surface area contributed by atoms with E-state index in [1.807, 2.05) is 6.92 Å². The molecule has 0 bridgehead atoms. The molecule has 0 saturated heterocycles. The number of carbonyl (C=O) groups is 2. The Hall–Kier alpha value is -3.09. The summed E-state index contributed by atoms with van der Waals surface area (Å²) in [7, 11) is 3.09. The first-order valence-electron chi connectivity index (χ1n) is 9.00. The largest absolute Gasteiger partial charge is 0.497 e. The number of hydrogen-bond donors (Lipinski definition) is 1. The minimum absolute atomic E-state index is 0.178. The van der Waals surface area contributed by atoms with E-state index in [-0.39, 0.29) is 30.8 Å². The number of ether oxygens (including phenoxy) is 2. The van der Waals surface area contributed by atoms with Crippen LogP contribution in [0.3, 0.4) is 0 Å². The molecule has 1 unspecified atom stereocenters. The second-order valence-electron chi connectivity index (χ2n) is 6.15. The molecule has 7 heteroatoms. The van der Waals surface area contributed by atoms with Gasteiger partial charge in [0, 0.05) is 13.6 Å². The summed E-state index contributed by atoms with van der Waals surface area (Å²) in [6, 6.07) is 12.1. The molecule has 0 aromatic heterocycles. The zero-order valence-corrected chi connectivity index (χ0v) is 16.3. The van der Waals surface area contributed by atoms with Gasteiger partial charge in [-0.05, 0) is 48.4 Å². The third kappa shape index (κ3) is 5.70. The molecule has 1 atom stereocenters. The maximum Gasteiger partial charge on any atom is 0.261 e. The van der Waals surface area contributed by atoms with Gasteiger partial charge in [0.25, 0.3) is 5.91 Å². The van der Waals surface area contributed by atoms with Crippen molar-refractivity contribution in [3.05, 3.63) is 59.9 Å². The summed E-state index contributed by atoms with van der Waals surface area (Å²) in [4.78, 5) is 26.6. The molecule has 0 fully saturated rings. The number of benzene rings is 2. The van der Waals surface area contributed by atoms with Gasteiger partial charge in [-0.25, -0.2) is 4.39 Å². The number of hydrogen-bond acceptors (Lipinski definition) is 4. The lowest BCUT2D eigenvalue weighted by molar-refractivity contribution is -0.142. The first kappa shape index (κ1) is 21.2. The summed E-state index contributed by atoms with van der Waals surface area (Å²) in [6.07, 6.45) is 0.440. The number of rotatable bonds is 9. The van der Waals surface area contributed by atoms with E-state index >= 15 is 0 Å². The Labute approximate surface area is 164 Å². The van der Waals surface area contributed by atoms with Crippen LogP contribution >= 0.6 is 0 Å². The average Bonchev–Trinajstić information content (AvgIpc) is 2.73. The Morgan fingerprint density at radius 2 is 1.68 bits per heavy atom. The van der Waals surface area contributed by atoms with E-state index in [4.69, 9.17) is 9.47 Å². The molecule has 6 nitrogen and oxygen atoms in total. The fourth-order valence-corrected chi connectivity index (χ4v) is 2.77. The minimum atomic E-state index is -0.651. The molecule has 2 rings (SSSR count). The van der Waals surface area contributed by atoms with Gasteiger partial charge >= 0.3 is 0 Å². The summed E-state index contributed by atoms with van der Waals surface area (Å²) in [5.41, 5.74) is 0.724. The van der Waals surface area contributed by atoms with Crippen molar-refractivity contribution < 1.29 is 23.5 Å². The van der Waals surface area contributed by atoms with Crippen LogP contribution in [0.2, 0.25) is 0 Å². The maximum absolute atomic E-state index is 13.2. The number of methoxy groups -OCH3 is 1. The topological polar surface area (TPSA) is 67.9 Å². The van der Waals surface area contributed by atoms with Gasteiger partial charge in [0.15, 0.2) is 6.61 Å². The lowest BCUT2D eigenvalue weighted by Crippen LogP contribution is -2.49. The van der Waals surface area contributed by atoms with Crippen LogP contribution in [-0.2, 0) is 16.1 Å². The van der Waals surface area contributed by atoms with Gasteiger partial charge in [0.1, 0.15) is 23.4 Å². The maximum atomic E-state index is 13.2.